The minimum Gasteiger partial charge on any atom is -0.450 e. The zero-order chi connectivity index (χ0) is 14.4. The highest BCUT2D eigenvalue weighted by Gasteiger charge is 2.24. The van der Waals surface area contributed by atoms with Crippen LogP contribution in [-0.4, -0.2) is 47.6 Å². The number of ether oxygens (including phenoxy) is 1. The summed E-state index contributed by atoms with van der Waals surface area (Å²) in [6, 6.07) is 3.47. The highest BCUT2D eigenvalue weighted by atomic mass is 16.6. The molecule has 0 bridgehead atoms. The molecule has 0 aromatic carbocycles. The largest absolute Gasteiger partial charge is 0.450 e. The van der Waals surface area contributed by atoms with Crippen molar-refractivity contribution in [1.82, 2.24) is 15.2 Å². The summed E-state index contributed by atoms with van der Waals surface area (Å²) in [4.78, 5) is 29.1. The first-order chi connectivity index (χ1) is 9.70. The molecule has 1 aromatic heterocycles. The molecule has 0 saturated carbocycles. The zero-order valence-electron chi connectivity index (χ0n) is 11.5. The van der Waals surface area contributed by atoms with E-state index in [4.69, 9.17) is 4.74 Å². The fraction of sp³-hybridized carbons (Fsp3) is 0.500. The molecule has 6 nitrogen and oxygen atoms in total. The maximum Gasteiger partial charge on any atom is 0.409 e. The van der Waals surface area contributed by atoms with Gasteiger partial charge in [0.05, 0.1) is 6.61 Å². The zero-order valence-corrected chi connectivity index (χ0v) is 11.5. The number of likely N-dealkylation sites (tertiary alicyclic amines) is 1. The summed E-state index contributed by atoms with van der Waals surface area (Å²) >= 11 is 0. The molecule has 20 heavy (non-hydrogen) atoms. The second kappa shape index (κ2) is 6.88. The van der Waals surface area contributed by atoms with Crippen molar-refractivity contribution in [3.05, 3.63) is 30.1 Å². The van der Waals surface area contributed by atoms with Gasteiger partial charge < -0.3 is 15.0 Å². The first-order valence-electron chi connectivity index (χ1n) is 6.83. The highest BCUT2D eigenvalue weighted by Crippen LogP contribution is 2.12. The summed E-state index contributed by atoms with van der Waals surface area (Å²) in [5, 5.41) is 2.98. The van der Waals surface area contributed by atoms with E-state index in [1.54, 1.807) is 36.4 Å². The Morgan fingerprint density at radius 3 is 2.60 bits per heavy atom. The molecule has 1 aliphatic heterocycles. The Morgan fingerprint density at radius 1 is 1.35 bits per heavy atom. The van der Waals surface area contributed by atoms with Crippen molar-refractivity contribution in [2.75, 3.05) is 19.7 Å². The molecular weight excluding hydrogens is 258 g/mol. The summed E-state index contributed by atoms with van der Waals surface area (Å²) in [6.45, 7) is 3.40. The SMILES string of the molecule is CCOC(=O)N1CCC(NC(=O)c2ccncc2)CC1. The lowest BCUT2D eigenvalue weighted by molar-refractivity contribution is 0.0860. The van der Waals surface area contributed by atoms with Gasteiger partial charge in [-0.05, 0) is 31.9 Å². The molecular formula is C14H19N3O3. The van der Waals surface area contributed by atoms with Crippen LogP contribution in [-0.2, 0) is 4.74 Å². The van der Waals surface area contributed by atoms with Crippen molar-refractivity contribution >= 4 is 12.0 Å². The molecule has 108 valence electrons. The minimum atomic E-state index is -0.272. The predicted molar refractivity (Wildman–Crippen MR) is 73.3 cm³/mol. The molecule has 0 radical (unpaired) electrons. The van der Waals surface area contributed by atoms with E-state index < -0.39 is 0 Å². The second-order valence-corrected chi connectivity index (χ2v) is 4.67. The molecule has 1 aliphatic rings. The third-order valence-corrected chi connectivity index (χ3v) is 3.30. The van der Waals surface area contributed by atoms with Gasteiger partial charge in [0, 0.05) is 37.1 Å². The number of nitrogens with one attached hydrogen (secondary N) is 1. The van der Waals surface area contributed by atoms with E-state index in [-0.39, 0.29) is 18.0 Å². The van der Waals surface area contributed by atoms with E-state index in [0.29, 0.717) is 25.3 Å². The van der Waals surface area contributed by atoms with Gasteiger partial charge in [-0.3, -0.25) is 9.78 Å². The van der Waals surface area contributed by atoms with Gasteiger partial charge >= 0.3 is 6.09 Å². The topological polar surface area (TPSA) is 71.5 Å². The Kier molecular flexibility index (Phi) is 4.92. The molecule has 1 saturated heterocycles. The molecule has 1 aromatic rings. The van der Waals surface area contributed by atoms with Gasteiger partial charge in [-0.2, -0.15) is 0 Å². The van der Waals surface area contributed by atoms with Crippen LogP contribution in [0.5, 0.6) is 0 Å². The fourth-order valence-corrected chi connectivity index (χ4v) is 2.19. The third kappa shape index (κ3) is 3.69. The number of rotatable bonds is 3. The molecule has 1 N–H and O–H groups in total. The molecule has 2 rings (SSSR count). The Balaban J connectivity index is 1.80. The van der Waals surface area contributed by atoms with Crippen molar-refractivity contribution in [2.45, 2.75) is 25.8 Å². The molecule has 0 atom stereocenters. The van der Waals surface area contributed by atoms with Crippen LogP contribution in [0.2, 0.25) is 0 Å². The van der Waals surface area contributed by atoms with E-state index >= 15 is 0 Å². The van der Waals surface area contributed by atoms with Crippen LogP contribution in [0.3, 0.4) is 0 Å². The summed E-state index contributed by atoms with van der Waals surface area (Å²) in [7, 11) is 0. The van der Waals surface area contributed by atoms with Crippen molar-refractivity contribution in [1.29, 1.82) is 0 Å². The first kappa shape index (κ1) is 14.3. The molecule has 2 heterocycles. The fourth-order valence-electron chi connectivity index (χ4n) is 2.19. The third-order valence-electron chi connectivity index (χ3n) is 3.30. The predicted octanol–water partition coefficient (Wildman–Crippen LogP) is 1.43. The van der Waals surface area contributed by atoms with Crippen molar-refractivity contribution in [3.63, 3.8) is 0 Å². The molecule has 1 fully saturated rings. The van der Waals surface area contributed by atoms with E-state index in [0.717, 1.165) is 12.8 Å². The second-order valence-electron chi connectivity index (χ2n) is 4.67. The number of piperidine rings is 1. The summed E-state index contributed by atoms with van der Waals surface area (Å²) in [5.41, 5.74) is 0.604. The van der Waals surface area contributed by atoms with Gasteiger partial charge in [0.25, 0.3) is 5.91 Å². The Hall–Kier alpha value is -2.11. The van der Waals surface area contributed by atoms with E-state index in [1.807, 2.05) is 0 Å². The number of carbonyl (C=O) groups excluding carboxylic acids is 2. The Labute approximate surface area is 118 Å². The van der Waals surface area contributed by atoms with Gasteiger partial charge in [-0.25, -0.2) is 4.79 Å². The quantitative estimate of drug-likeness (QED) is 0.907. The van der Waals surface area contributed by atoms with Crippen LogP contribution in [0.4, 0.5) is 4.79 Å². The molecule has 2 amide bonds. The van der Waals surface area contributed by atoms with Crippen LogP contribution >= 0.6 is 0 Å². The lowest BCUT2D eigenvalue weighted by Gasteiger charge is -2.31. The summed E-state index contributed by atoms with van der Waals surface area (Å²) in [5.74, 6) is -0.0954. The minimum absolute atomic E-state index is 0.0954. The lowest BCUT2D eigenvalue weighted by atomic mass is 10.0. The van der Waals surface area contributed by atoms with Crippen LogP contribution < -0.4 is 5.32 Å². The number of nitrogens with zero attached hydrogens (tertiary/aromatic N) is 2. The van der Waals surface area contributed by atoms with Gasteiger partial charge in [-0.15, -0.1) is 0 Å². The normalized spacial score (nSPS) is 15.8. The van der Waals surface area contributed by atoms with Crippen LogP contribution in [0.25, 0.3) is 0 Å². The van der Waals surface area contributed by atoms with Crippen molar-refractivity contribution in [3.8, 4) is 0 Å². The van der Waals surface area contributed by atoms with Crippen molar-refractivity contribution < 1.29 is 14.3 Å². The van der Waals surface area contributed by atoms with Gasteiger partial charge in [0.15, 0.2) is 0 Å². The maximum atomic E-state index is 12.0. The molecule has 0 unspecified atom stereocenters. The van der Waals surface area contributed by atoms with E-state index in [9.17, 15) is 9.59 Å². The first-order valence-corrected chi connectivity index (χ1v) is 6.83. The van der Waals surface area contributed by atoms with Crippen LogP contribution in [0, 0.1) is 0 Å². The van der Waals surface area contributed by atoms with Crippen molar-refractivity contribution in [2.24, 2.45) is 0 Å². The Bertz CT molecular complexity index is 456. The monoisotopic (exact) mass is 277 g/mol. The summed E-state index contributed by atoms with van der Waals surface area (Å²) in [6.07, 6.45) is 4.41. The molecule has 0 aliphatic carbocycles. The van der Waals surface area contributed by atoms with Gasteiger partial charge in [0.2, 0.25) is 0 Å². The highest BCUT2D eigenvalue weighted by molar-refractivity contribution is 5.94. The number of amides is 2. The lowest BCUT2D eigenvalue weighted by Crippen LogP contribution is -2.46. The number of aromatic nitrogens is 1. The maximum absolute atomic E-state index is 12.0. The standard InChI is InChI=1S/C14H19N3O3/c1-2-20-14(19)17-9-5-12(6-10-17)16-13(18)11-3-7-15-8-4-11/h3-4,7-8,12H,2,5-6,9-10H2,1H3,(H,16,18). The average molecular weight is 277 g/mol. The molecule has 6 heteroatoms. The summed E-state index contributed by atoms with van der Waals surface area (Å²) < 4.78 is 4.96. The number of carbonyl (C=O) groups is 2. The number of hydrogen-bond acceptors (Lipinski definition) is 4. The Morgan fingerprint density at radius 2 is 2.00 bits per heavy atom. The number of pyridine rings is 1. The number of hydrogen-bond donors (Lipinski definition) is 1. The van der Waals surface area contributed by atoms with E-state index in [1.165, 1.54) is 0 Å². The average Bonchev–Trinajstić information content (AvgIpc) is 2.49. The van der Waals surface area contributed by atoms with Gasteiger partial charge in [-0.1, -0.05) is 0 Å². The van der Waals surface area contributed by atoms with Gasteiger partial charge in [0.1, 0.15) is 0 Å². The molecule has 0 spiro atoms. The van der Waals surface area contributed by atoms with Crippen LogP contribution in [0.1, 0.15) is 30.1 Å². The smallest absolute Gasteiger partial charge is 0.409 e. The van der Waals surface area contributed by atoms with Crippen LogP contribution in [0.15, 0.2) is 24.5 Å². The van der Waals surface area contributed by atoms with E-state index in [2.05, 4.69) is 10.3 Å².